The van der Waals surface area contributed by atoms with Crippen molar-refractivity contribution in [3.63, 3.8) is 0 Å². The minimum Gasteiger partial charge on any atom is -0.464 e. The van der Waals surface area contributed by atoms with E-state index in [0.29, 0.717) is 16.8 Å². The molecule has 0 atom stereocenters. The Labute approximate surface area is 118 Å². The SMILES string of the molecule is Cc1nnc(OCc2ccc(Cl)c3c2cnn3C)s1. The third kappa shape index (κ3) is 2.29. The molecule has 2 heterocycles. The van der Waals surface area contributed by atoms with Gasteiger partial charge < -0.3 is 4.74 Å². The molecule has 2 aromatic heterocycles. The number of ether oxygens (including phenoxy) is 1. The van der Waals surface area contributed by atoms with E-state index in [1.54, 1.807) is 10.9 Å². The third-order valence-electron chi connectivity index (χ3n) is 2.80. The number of benzene rings is 1. The Kier molecular flexibility index (Phi) is 3.12. The molecule has 19 heavy (non-hydrogen) atoms. The lowest BCUT2D eigenvalue weighted by Gasteiger charge is -2.05. The van der Waals surface area contributed by atoms with Gasteiger partial charge in [0.15, 0.2) is 0 Å². The molecule has 0 saturated heterocycles. The average Bonchev–Trinajstić information content (AvgIpc) is 2.96. The summed E-state index contributed by atoms with van der Waals surface area (Å²) in [6.07, 6.45) is 1.80. The highest BCUT2D eigenvalue weighted by Crippen LogP contribution is 2.27. The van der Waals surface area contributed by atoms with Crippen LogP contribution < -0.4 is 4.74 Å². The van der Waals surface area contributed by atoms with Gasteiger partial charge in [-0.2, -0.15) is 5.10 Å². The van der Waals surface area contributed by atoms with Gasteiger partial charge in [0.1, 0.15) is 11.6 Å². The maximum absolute atomic E-state index is 6.17. The van der Waals surface area contributed by atoms with Crippen LogP contribution in [-0.2, 0) is 13.7 Å². The minimum absolute atomic E-state index is 0.425. The normalized spacial score (nSPS) is 11.1. The molecular weight excluding hydrogens is 284 g/mol. The van der Waals surface area contributed by atoms with Crippen LogP contribution in [0.25, 0.3) is 10.9 Å². The lowest BCUT2D eigenvalue weighted by molar-refractivity contribution is 0.303. The predicted octanol–water partition coefficient (Wildman–Crippen LogP) is 2.97. The Morgan fingerprint density at radius 3 is 2.95 bits per heavy atom. The monoisotopic (exact) mass is 294 g/mol. The van der Waals surface area contributed by atoms with Crippen molar-refractivity contribution in [2.75, 3.05) is 0 Å². The van der Waals surface area contributed by atoms with Gasteiger partial charge in [0.25, 0.3) is 5.19 Å². The van der Waals surface area contributed by atoms with Crippen molar-refractivity contribution in [3.8, 4) is 5.19 Å². The van der Waals surface area contributed by atoms with Crippen LogP contribution in [0.3, 0.4) is 0 Å². The summed E-state index contributed by atoms with van der Waals surface area (Å²) in [7, 11) is 1.87. The average molecular weight is 295 g/mol. The standard InChI is InChI=1S/C12H11ClN4OS/c1-7-15-16-12(19-7)18-6-8-3-4-10(13)11-9(8)5-14-17(11)2/h3-5H,6H2,1-2H3. The van der Waals surface area contributed by atoms with Crippen molar-refractivity contribution in [1.82, 2.24) is 20.0 Å². The van der Waals surface area contributed by atoms with E-state index in [0.717, 1.165) is 21.5 Å². The molecule has 0 bridgehead atoms. The van der Waals surface area contributed by atoms with Crippen LogP contribution in [0.1, 0.15) is 10.6 Å². The van der Waals surface area contributed by atoms with E-state index >= 15 is 0 Å². The molecule has 0 fully saturated rings. The predicted molar refractivity (Wildman–Crippen MR) is 74.7 cm³/mol. The summed E-state index contributed by atoms with van der Waals surface area (Å²) >= 11 is 7.60. The van der Waals surface area contributed by atoms with E-state index in [2.05, 4.69) is 15.3 Å². The molecular formula is C12H11ClN4OS. The molecule has 3 rings (SSSR count). The van der Waals surface area contributed by atoms with Crippen LogP contribution in [0.2, 0.25) is 5.02 Å². The molecule has 7 heteroatoms. The van der Waals surface area contributed by atoms with E-state index < -0.39 is 0 Å². The zero-order chi connectivity index (χ0) is 13.4. The molecule has 1 aromatic carbocycles. The van der Waals surface area contributed by atoms with Crippen molar-refractivity contribution < 1.29 is 4.74 Å². The quantitative estimate of drug-likeness (QED) is 0.745. The van der Waals surface area contributed by atoms with Crippen molar-refractivity contribution in [2.45, 2.75) is 13.5 Å². The zero-order valence-corrected chi connectivity index (χ0v) is 12.0. The highest BCUT2D eigenvalue weighted by molar-refractivity contribution is 7.12. The summed E-state index contributed by atoms with van der Waals surface area (Å²) in [5.74, 6) is 0. The highest BCUT2D eigenvalue weighted by atomic mass is 35.5. The first-order chi connectivity index (χ1) is 9.15. The molecule has 98 valence electrons. The summed E-state index contributed by atoms with van der Waals surface area (Å²) in [5, 5.41) is 15.2. The summed E-state index contributed by atoms with van der Waals surface area (Å²) in [4.78, 5) is 0. The first kappa shape index (κ1) is 12.4. The smallest absolute Gasteiger partial charge is 0.294 e. The summed E-state index contributed by atoms with van der Waals surface area (Å²) in [6, 6.07) is 3.80. The summed E-state index contributed by atoms with van der Waals surface area (Å²) < 4.78 is 7.40. The van der Waals surface area contributed by atoms with Crippen LogP contribution in [0.4, 0.5) is 0 Å². The molecule has 0 N–H and O–H groups in total. The van der Waals surface area contributed by atoms with E-state index in [1.165, 1.54) is 11.3 Å². The van der Waals surface area contributed by atoms with E-state index in [-0.39, 0.29) is 0 Å². The van der Waals surface area contributed by atoms with Crippen molar-refractivity contribution in [1.29, 1.82) is 0 Å². The maximum Gasteiger partial charge on any atom is 0.294 e. The molecule has 0 aliphatic heterocycles. The topological polar surface area (TPSA) is 52.8 Å². The van der Waals surface area contributed by atoms with Crippen LogP contribution in [-0.4, -0.2) is 20.0 Å². The molecule has 0 amide bonds. The van der Waals surface area contributed by atoms with Gasteiger partial charge in [-0.25, -0.2) is 0 Å². The van der Waals surface area contributed by atoms with Gasteiger partial charge in [-0.05, 0) is 13.0 Å². The lowest BCUT2D eigenvalue weighted by Crippen LogP contribution is -1.96. The summed E-state index contributed by atoms with van der Waals surface area (Å²) in [6.45, 7) is 2.32. The van der Waals surface area contributed by atoms with Gasteiger partial charge in [-0.3, -0.25) is 4.68 Å². The maximum atomic E-state index is 6.17. The Morgan fingerprint density at radius 1 is 1.37 bits per heavy atom. The number of fused-ring (bicyclic) bond motifs is 1. The van der Waals surface area contributed by atoms with Gasteiger partial charge in [-0.15, -0.1) is 10.2 Å². The van der Waals surface area contributed by atoms with Crippen molar-refractivity contribution in [3.05, 3.63) is 33.9 Å². The molecule has 0 saturated carbocycles. The highest BCUT2D eigenvalue weighted by Gasteiger charge is 2.10. The number of halogens is 1. The van der Waals surface area contributed by atoms with E-state index in [9.17, 15) is 0 Å². The number of nitrogens with zero attached hydrogens (tertiary/aromatic N) is 4. The van der Waals surface area contributed by atoms with Gasteiger partial charge in [-0.1, -0.05) is 29.0 Å². The Balaban J connectivity index is 1.91. The Morgan fingerprint density at radius 2 is 2.21 bits per heavy atom. The van der Waals surface area contributed by atoms with Crippen molar-refractivity contribution >= 4 is 33.8 Å². The molecule has 0 unspecified atom stereocenters. The third-order valence-corrected chi connectivity index (χ3v) is 3.86. The molecule has 0 aliphatic carbocycles. The van der Waals surface area contributed by atoms with Gasteiger partial charge in [0.05, 0.1) is 16.7 Å². The lowest BCUT2D eigenvalue weighted by atomic mass is 10.1. The van der Waals surface area contributed by atoms with E-state index in [4.69, 9.17) is 16.3 Å². The number of hydrogen-bond donors (Lipinski definition) is 0. The van der Waals surface area contributed by atoms with Crippen LogP contribution in [0.15, 0.2) is 18.3 Å². The molecule has 0 aliphatic rings. The van der Waals surface area contributed by atoms with Crippen LogP contribution in [0, 0.1) is 6.92 Å². The second kappa shape index (κ2) is 4.79. The van der Waals surface area contributed by atoms with Gasteiger partial charge in [0.2, 0.25) is 0 Å². The second-order valence-electron chi connectivity index (χ2n) is 4.11. The second-order valence-corrected chi connectivity index (χ2v) is 5.66. The number of hydrogen-bond acceptors (Lipinski definition) is 5. The summed E-state index contributed by atoms with van der Waals surface area (Å²) in [5.41, 5.74) is 1.94. The molecule has 0 spiro atoms. The van der Waals surface area contributed by atoms with Gasteiger partial charge in [0, 0.05) is 18.0 Å². The van der Waals surface area contributed by atoms with Crippen LogP contribution >= 0.6 is 22.9 Å². The molecule has 3 aromatic rings. The largest absolute Gasteiger partial charge is 0.464 e. The fourth-order valence-electron chi connectivity index (χ4n) is 1.90. The minimum atomic E-state index is 0.425. The first-order valence-electron chi connectivity index (χ1n) is 5.67. The number of aromatic nitrogens is 4. The van der Waals surface area contributed by atoms with Gasteiger partial charge >= 0.3 is 0 Å². The zero-order valence-electron chi connectivity index (χ0n) is 10.4. The number of aryl methyl sites for hydroxylation is 2. The fraction of sp³-hybridized carbons (Fsp3) is 0.250. The first-order valence-corrected chi connectivity index (χ1v) is 6.86. The fourth-order valence-corrected chi connectivity index (χ4v) is 2.72. The molecule has 5 nitrogen and oxygen atoms in total. The Bertz CT molecular complexity index is 736. The van der Waals surface area contributed by atoms with E-state index in [1.807, 2.05) is 26.1 Å². The molecule has 0 radical (unpaired) electrons. The van der Waals surface area contributed by atoms with Crippen LogP contribution in [0.5, 0.6) is 5.19 Å². The Hall–Kier alpha value is -1.66. The van der Waals surface area contributed by atoms with Crippen molar-refractivity contribution in [2.24, 2.45) is 7.05 Å². The number of rotatable bonds is 3.